The second-order valence-corrected chi connectivity index (χ2v) is 10.4. The van der Waals surface area contributed by atoms with Crippen molar-refractivity contribution in [1.82, 2.24) is 19.6 Å². The number of benzene rings is 2. The number of pyridine rings is 1. The largest absolute Gasteiger partial charge is 0.480 e. The van der Waals surface area contributed by atoms with Crippen molar-refractivity contribution in [2.24, 2.45) is 0 Å². The predicted molar refractivity (Wildman–Crippen MR) is 137 cm³/mol. The van der Waals surface area contributed by atoms with E-state index in [1.54, 1.807) is 0 Å². The Morgan fingerprint density at radius 1 is 1.08 bits per heavy atom. The number of carboxylic acid groups (broad SMARTS) is 1. The molecular weight excluding hydrogens is 512 g/mol. The molecule has 38 heavy (non-hydrogen) atoms. The summed E-state index contributed by atoms with van der Waals surface area (Å²) in [6, 6.07) is 14.3. The molecule has 5 atom stereocenters. The molecular formula is C26H24N4O7S. The average Bonchev–Trinajstić information content (AvgIpc) is 3.56. The predicted octanol–water partition coefficient (Wildman–Crippen LogP) is 1.19. The van der Waals surface area contributed by atoms with Gasteiger partial charge in [-0.2, -0.15) is 0 Å². The van der Waals surface area contributed by atoms with E-state index in [0.717, 1.165) is 16.3 Å². The van der Waals surface area contributed by atoms with E-state index in [4.69, 9.17) is 4.74 Å². The number of aliphatic carboxylic acids is 1. The Balaban J connectivity index is 1.48. The van der Waals surface area contributed by atoms with E-state index in [-0.39, 0.29) is 12.4 Å². The highest BCUT2D eigenvalue weighted by Gasteiger charge is 2.40. The van der Waals surface area contributed by atoms with Crippen LogP contribution >= 0.6 is 11.8 Å². The molecule has 2 aliphatic rings. The summed E-state index contributed by atoms with van der Waals surface area (Å²) in [5, 5.41) is 51.0. The Kier molecular flexibility index (Phi) is 6.28. The third-order valence-corrected chi connectivity index (χ3v) is 8.18. The lowest BCUT2D eigenvalue weighted by molar-refractivity contribution is -0.214. The Morgan fingerprint density at radius 3 is 2.68 bits per heavy atom. The zero-order chi connectivity index (χ0) is 26.6. The van der Waals surface area contributed by atoms with Gasteiger partial charge in [-0.1, -0.05) is 47.7 Å². The first kappa shape index (κ1) is 24.8. The highest BCUT2D eigenvalue weighted by molar-refractivity contribution is 7.99. The van der Waals surface area contributed by atoms with Crippen molar-refractivity contribution in [2.75, 3.05) is 12.4 Å². The van der Waals surface area contributed by atoms with Crippen LogP contribution in [-0.2, 0) is 16.0 Å². The maximum absolute atomic E-state index is 13.2. The summed E-state index contributed by atoms with van der Waals surface area (Å²) in [5.74, 6) is -0.904. The molecule has 0 unspecified atom stereocenters. The molecule has 1 fully saturated rings. The number of hydrogen-bond acceptors (Lipinski definition) is 9. The number of thioether (sulfide) groups is 1. The summed E-state index contributed by atoms with van der Waals surface area (Å²) >= 11 is 1.27. The quantitative estimate of drug-likeness (QED) is 0.292. The van der Waals surface area contributed by atoms with E-state index in [0.29, 0.717) is 28.3 Å². The van der Waals surface area contributed by atoms with Crippen LogP contribution in [0.5, 0.6) is 0 Å². The molecule has 4 heterocycles. The number of rotatable bonds is 5. The van der Waals surface area contributed by atoms with Crippen molar-refractivity contribution < 1.29 is 30.0 Å². The number of aromatic nitrogens is 4. The number of aliphatic hydroxyl groups excluding tert-OH is 3. The van der Waals surface area contributed by atoms with Gasteiger partial charge in [0.05, 0.1) is 17.8 Å². The molecule has 1 saturated heterocycles. The van der Waals surface area contributed by atoms with Crippen molar-refractivity contribution in [3.05, 3.63) is 76.2 Å². The Bertz CT molecular complexity index is 1600. The van der Waals surface area contributed by atoms with Crippen molar-refractivity contribution in [3.63, 3.8) is 0 Å². The van der Waals surface area contributed by atoms with E-state index in [1.165, 1.54) is 33.3 Å². The van der Waals surface area contributed by atoms with Crippen molar-refractivity contribution in [1.29, 1.82) is 0 Å². The van der Waals surface area contributed by atoms with Gasteiger partial charge in [-0.3, -0.25) is 9.36 Å². The molecule has 2 aliphatic heterocycles. The maximum Gasteiger partial charge on any atom is 0.327 e. The number of aliphatic hydroxyl groups is 3. The van der Waals surface area contributed by atoms with Gasteiger partial charge >= 0.3 is 5.97 Å². The number of hydrogen-bond donors (Lipinski definition) is 4. The summed E-state index contributed by atoms with van der Waals surface area (Å²) in [5.41, 5.74) is 2.17. The lowest BCUT2D eigenvalue weighted by atomic mass is 9.95. The monoisotopic (exact) mass is 536 g/mol. The molecule has 2 aromatic heterocycles. The minimum atomic E-state index is -1.45. The normalized spacial score (nSPS) is 25.0. The van der Waals surface area contributed by atoms with E-state index in [2.05, 4.69) is 10.3 Å². The smallest absolute Gasteiger partial charge is 0.327 e. The topological polar surface area (TPSA) is 160 Å². The highest BCUT2D eigenvalue weighted by atomic mass is 32.2. The lowest BCUT2D eigenvalue weighted by Crippen LogP contribution is -2.50. The lowest BCUT2D eigenvalue weighted by Gasteiger charge is -2.34. The van der Waals surface area contributed by atoms with Crippen molar-refractivity contribution in [2.45, 2.75) is 42.0 Å². The SMILES string of the molecule is O=C(O)[C@@H]1CSc2c(-c3cn([C@@H]4OC[C@@H](O)[C@H](O)[C@H]4O)nn3)c(Cc3cccc4ccccc34)cc(=O)n21. The van der Waals surface area contributed by atoms with Gasteiger partial charge < -0.3 is 25.2 Å². The summed E-state index contributed by atoms with van der Waals surface area (Å²) in [6.07, 6.45) is -3.27. The van der Waals surface area contributed by atoms with Crippen LogP contribution in [0.4, 0.5) is 0 Å². The molecule has 11 nitrogen and oxygen atoms in total. The molecule has 0 amide bonds. The van der Waals surface area contributed by atoms with Gasteiger partial charge in [0.2, 0.25) is 0 Å². The van der Waals surface area contributed by atoms with Crippen LogP contribution < -0.4 is 5.56 Å². The standard InChI is InChI=1S/C26H24N4O7S/c31-19-11-37-24(23(34)22(19)33)29-10-17(27-28-29)21-15(8-14-6-3-5-13-4-1-2-7-16(13)14)9-20(32)30-18(26(35)36)12-38-25(21)30/h1-7,9-10,18-19,22-24,31,33-34H,8,11-12H2,(H,35,36)/t18-,19+,22-,23+,24+/m0/s1. The first-order valence-electron chi connectivity index (χ1n) is 12.0. The molecule has 12 heteroatoms. The van der Waals surface area contributed by atoms with Gasteiger partial charge in [-0.15, -0.1) is 16.9 Å². The van der Waals surface area contributed by atoms with Crippen LogP contribution in [0.25, 0.3) is 22.0 Å². The summed E-state index contributed by atoms with van der Waals surface area (Å²) < 4.78 is 8.04. The van der Waals surface area contributed by atoms with Crippen LogP contribution in [0.1, 0.15) is 23.4 Å². The maximum atomic E-state index is 13.2. The molecule has 0 spiro atoms. The van der Waals surface area contributed by atoms with E-state index in [9.17, 15) is 30.0 Å². The van der Waals surface area contributed by atoms with E-state index < -0.39 is 42.1 Å². The number of carbonyl (C=O) groups is 1. The molecule has 4 aromatic rings. The molecule has 196 valence electrons. The molecule has 0 bridgehead atoms. The number of ether oxygens (including phenoxy) is 1. The van der Waals surface area contributed by atoms with Gasteiger partial charge in [0.1, 0.15) is 30.0 Å². The highest BCUT2D eigenvalue weighted by Crippen LogP contribution is 2.41. The fourth-order valence-corrected chi connectivity index (χ4v) is 6.45. The van der Waals surface area contributed by atoms with Crippen LogP contribution in [0.15, 0.2) is 64.5 Å². The zero-order valence-electron chi connectivity index (χ0n) is 19.9. The van der Waals surface area contributed by atoms with Gasteiger partial charge in [-0.05, 0) is 28.3 Å². The van der Waals surface area contributed by atoms with E-state index in [1.807, 2.05) is 42.5 Å². The molecule has 4 N–H and O–H groups in total. The van der Waals surface area contributed by atoms with Crippen LogP contribution in [-0.4, -0.2) is 76.6 Å². The first-order valence-corrected chi connectivity index (χ1v) is 13.0. The van der Waals surface area contributed by atoms with Crippen LogP contribution in [0, 0.1) is 0 Å². The Morgan fingerprint density at radius 2 is 1.87 bits per heavy atom. The van der Waals surface area contributed by atoms with Gasteiger partial charge in [0.15, 0.2) is 6.23 Å². The minimum Gasteiger partial charge on any atom is -0.480 e. The zero-order valence-corrected chi connectivity index (χ0v) is 20.7. The second-order valence-electron chi connectivity index (χ2n) is 9.39. The molecule has 0 saturated carbocycles. The summed E-state index contributed by atoms with van der Waals surface area (Å²) in [7, 11) is 0. The third-order valence-electron chi connectivity index (χ3n) is 7.03. The third kappa shape index (κ3) is 4.10. The van der Waals surface area contributed by atoms with Gasteiger partial charge in [-0.25, -0.2) is 9.48 Å². The van der Waals surface area contributed by atoms with Crippen molar-refractivity contribution >= 4 is 28.5 Å². The first-order chi connectivity index (χ1) is 18.3. The second kappa shape index (κ2) is 9.64. The molecule has 0 radical (unpaired) electrons. The van der Waals surface area contributed by atoms with Gasteiger partial charge in [0.25, 0.3) is 5.56 Å². The van der Waals surface area contributed by atoms with Crippen LogP contribution in [0.3, 0.4) is 0 Å². The summed E-state index contributed by atoms with van der Waals surface area (Å²) in [6.45, 7) is -0.198. The Hall–Kier alpha value is -3.55. The fourth-order valence-electron chi connectivity index (χ4n) is 5.10. The number of fused-ring (bicyclic) bond motifs is 2. The number of nitrogens with zero attached hydrogens (tertiary/aromatic N) is 4. The van der Waals surface area contributed by atoms with Crippen LogP contribution in [0.2, 0.25) is 0 Å². The molecule has 6 rings (SSSR count). The summed E-state index contributed by atoms with van der Waals surface area (Å²) in [4.78, 5) is 25.1. The minimum absolute atomic E-state index is 0.192. The average molecular weight is 537 g/mol. The molecule has 0 aliphatic carbocycles. The molecule has 2 aromatic carbocycles. The van der Waals surface area contributed by atoms with E-state index >= 15 is 0 Å². The number of carboxylic acids is 1. The van der Waals surface area contributed by atoms with Gasteiger partial charge in [0, 0.05) is 17.4 Å². The Labute approximate surface area is 219 Å². The van der Waals surface area contributed by atoms with Crippen molar-refractivity contribution in [3.8, 4) is 11.3 Å². The fraction of sp³-hybridized carbons (Fsp3) is 0.308.